The lowest BCUT2D eigenvalue weighted by Gasteiger charge is -2.26. The maximum absolute atomic E-state index is 9.74. The van der Waals surface area contributed by atoms with Gasteiger partial charge < -0.3 is 14.7 Å². The number of ether oxygens (including phenoxy) is 1. The van der Waals surface area contributed by atoms with Crippen LogP contribution in [-0.2, 0) is 11.2 Å². The maximum atomic E-state index is 9.74. The van der Waals surface area contributed by atoms with Gasteiger partial charge >= 0.3 is 0 Å². The summed E-state index contributed by atoms with van der Waals surface area (Å²) in [4.78, 5) is 2.25. The van der Waals surface area contributed by atoms with Gasteiger partial charge in [0.2, 0.25) is 0 Å². The molecular weight excluding hydrogens is 406 g/mol. The summed E-state index contributed by atoms with van der Waals surface area (Å²) >= 11 is 0. The Morgan fingerprint density at radius 1 is 0.727 bits per heavy atom. The molecule has 0 saturated carbocycles. The molecule has 33 heavy (non-hydrogen) atoms. The minimum atomic E-state index is -0.906. The number of nitrogens with zero attached hydrogens (tertiary/aromatic N) is 1. The van der Waals surface area contributed by atoms with Gasteiger partial charge in [-0.1, -0.05) is 79.4 Å². The molecule has 0 aliphatic heterocycles. The van der Waals surface area contributed by atoms with E-state index in [0.717, 1.165) is 29.0 Å². The van der Waals surface area contributed by atoms with E-state index in [0.29, 0.717) is 12.2 Å². The molecule has 0 fully saturated rings. The van der Waals surface area contributed by atoms with Crippen LogP contribution in [0, 0.1) is 0 Å². The van der Waals surface area contributed by atoms with E-state index in [1.807, 2.05) is 12.1 Å². The predicted octanol–water partition coefficient (Wildman–Crippen LogP) is 7.28. The zero-order valence-corrected chi connectivity index (χ0v) is 18.9. The average Bonchev–Trinajstić information content (AvgIpc) is 2.87. The summed E-state index contributed by atoms with van der Waals surface area (Å²) in [6.45, 7) is 5.91. The zero-order valence-electron chi connectivity index (χ0n) is 18.9. The number of benzene rings is 4. The van der Waals surface area contributed by atoms with Gasteiger partial charge in [-0.2, -0.15) is 0 Å². The highest BCUT2D eigenvalue weighted by Crippen LogP contribution is 2.35. The highest BCUT2D eigenvalue weighted by atomic mass is 16.6. The normalized spacial score (nSPS) is 11.7. The maximum Gasteiger partial charge on any atom is 0.176 e. The first-order valence-electron chi connectivity index (χ1n) is 11.2. The summed E-state index contributed by atoms with van der Waals surface area (Å²) in [5, 5.41) is 9.74. The van der Waals surface area contributed by atoms with Crippen LogP contribution in [0.15, 0.2) is 121 Å². The molecule has 0 aromatic heterocycles. The third kappa shape index (κ3) is 5.78. The minimum Gasteiger partial charge on any atom is -0.364 e. The number of anilines is 3. The van der Waals surface area contributed by atoms with Crippen LogP contribution in [0.3, 0.4) is 0 Å². The summed E-state index contributed by atoms with van der Waals surface area (Å²) in [5.41, 5.74) is 7.45. The first kappa shape index (κ1) is 22.5. The van der Waals surface area contributed by atoms with Crippen LogP contribution >= 0.6 is 0 Å². The van der Waals surface area contributed by atoms with E-state index in [9.17, 15) is 5.11 Å². The topological polar surface area (TPSA) is 32.7 Å². The first-order chi connectivity index (χ1) is 16.1. The Balaban J connectivity index is 1.56. The monoisotopic (exact) mass is 435 g/mol. The van der Waals surface area contributed by atoms with E-state index in [4.69, 9.17) is 4.74 Å². The van der Waals surface area contributed by atoms with Crippen LogP contribution < -0.4 is 4.90 Å². The molecule has 0 aliphatic rings. The SMILES string of the molecule is C=C(C)C(O)OCCc1ccc(N(c2ccccc2)c2ccc(-c3ccccc3)cc2)cc1. The number of hydrogen-bond donors (Lipinski definition) is 1. The molecule has 4 rings (SSSR count). The quantitative estimate of drug-likeness (QED) is 0.221. The minimum absolute atomic E-state index is 0.441. The molecule has 0 bridgehead atoms. The van der Waals surface area contributed by atoms with Gasteiger partial charge in [0.05, 0.1) is 6.61 Å². The summed E-state index contributed by atoms with van der Waals surface area (Å²) in [5.74, 6) is 0. The van der Waals surface area contributed by atoms with Crippen LogP contribution in [0.1, 0.15) is 12.5 Å². The summed E-state index contributed by atoms with van der Waals surface area (Å²) < 4.78 is 5.42. The first-order valence-corrected chi connectivity index (χ1v) is 11.2. The highest BCUT2D eigenvalue weighted by Gasteiger charge is 2.12. The fourth-order valence-corrected chi connectivity index (χ4v) is 3.70. The molecule has 3 heteroatoms. The zero-order chi connectivity index (χ0) is 23.0. The second kappa shape index (κ2) is 10.8. The van der Waals surface area contributed by atoms with Gasteiger partial charge in [-0.3, -0.25) is 0 Å². The highest BCUT2D eigenvalue weighted by molar-refractivity contribution is 5.78. The molecule has 0 radical (unpaired) electrons. The van der Waals surface area contributed by atoms with Crippen LogP contribution in [-0.4, -0.2) is 18.0 Å². The van der Waals surface area contributed by atoms with Crippen molar-refractivity contribution >= 4 is 17.1 Å². The number of aliphatic hydroxyl groups excluding tert-OH is 1. The molecule has 1 atom stereocenters. The molecular formula is C30H29NO2. The van der Waals surface area contributed by atoms with E-state index < -0.39 is 6.29 Å². The number of aliphatic hydroxyl groups is 1. The van der Waals surface area contributed by atoms with Crippen molar-refractivity contribution in [1.29, 1.82) is 0 Å². The fourth-order valence-electron chi connectivity index (χ4n) is 3.70. The lowest BCUT2D eigenvalue weighted by molar-refractivity contribution is -0.0705. The van der Waals surface area contributed by atoms with Gasteiger partial charge in [0.1, 0.15) is 0 Å². The summed E-state index contributed by atoms with van der Waals surface area (Å²) in [6, 6.07) is 37.9. The van der Waals surface area contributed by atoms with Crippen molar-refractivity contribution in [2.24, 2.45) is 0 Å². The van der Waals surface area contributed by atoms with E-state index in [2.05, 4.69) is 109 Å². The van der Waals surface area contributed by atoms with Crippen molar-refractivity contribution in [2.75, 3.05) is 11.5 Å². The van der Waals surface area contributed by atoms with Crippen molar-refractivity contribution in [1.82, 2.24) is 0 Å². The lowest BCUT2D eigenvalue weighted by Crippen LogP contribution is -2.14. The van der Waals surface area contributed by atoms with E-state index in [1.54, 1.807) is 6.92 Å². The molecule has 0 aliphatic carbocycles. The van der Waals surface area contributed by atoms with E-state index >= 15 is 0 Å². The smallest absolute Gasteiger partial charge is 0.176 e. The molecule has 4 aromatic carbocycles. The van der Waals surface area contributed by atoms with Crippen molar-refractivity contribution in [3.8, 4) is 11.1 Å². The third-order valence-corrected chi connectivity index (χ3v) is 5.53. The average molecular weight is 436 g/mol. The molecule has 1 N–H and O–H groups in total. The molecule has 0 spiro atoms. The number of hydrogen-bond acceptors (Lipinski definition) is 3. The Labute approximate surface area is 196 Å². The van der Waals surface area contributed by atoms with Crippen LogP contribution in [0.5, 0.6) is 0 Å². The van der Waals surface area contributed by atoms with E-state index in [-0.39, 0.29) is 0 Å². The van der Waals surface area contributed by atoms with Gasteiger partial charge in [-0.25, -0.2) is 0 Å². The largest absolute Gasteiger partial charge is 0.364 e. The summed E-state index contributed by atoms with van der Waals surface area (Å²) in [7, 11) is 0. The molecule has 3 nitrogen and oxygen atoms in total. The van der Waals surface area contributed by atoms with Gasteiger partial charge in [0, 0.05) is 17.1 Å². The van der Waals surface area contributed by atoms with Crippen molar-refractivity contribution < 1.29 is 9.84 Å². The standard InChI is InChI=1S/C30H29NO2/c1-23(2)30(32)33-22-21-24-13-17-28(18-14-24)31(27-11-7-4-8-12-27)29-19-15-26(16-20-29)25-9-5-3-6-10-25/h3-20,30,32H,1,21-22H2,2H3. The lowest BCUT2D eigenvalue weighted by atomic mass is 10.0. The molecule has 0 saturated heterocycles. The molecule has 0 heterocycles. The van der Waals surface area contributed by atoms with Crippen molar-refractivity contribution in [2.45, 2.75) is 19.6 Å². The van der Waals surface area contributed by atoms with E-state index in [1.165, 1.54) is 11.1 Å². The number of rotatable bonds is 9. The van der Waals surface area contributed by atoms with Crippen LogP contribution in [0.2, 0.25) is 0 Å². The molecule has 0 amide bonds. The Morgan fingerprint density at radius 3 is 1.79 bits per heavy atom. The Hall–Kier alpha value is -3.66. The van der Waals surface area contributed by atoms with Gasteiger partial charge in [0.25, 0.3) is 0 Å². The number of para-hydroxylation sites is 1. The van der Waals surface area contributed by atoms with Crippen LogP contribution in [0.4, 0.5) is 17.1 Å². The van der Waals surface area contributed by atoms with Gasteiger partial charge in [0.15, 0.2) is 6.29 Å². The predicted molar refractivity (Wildman–Crippen MR) is 137 cm³/mol. The van der Waals surface area contributed by atoms with Crippen molar-refractivity contribution in [3.05, 3.63) is 127 Å². The molecule has 166 valence electrons. The Bertz CT molecular complexity index is 1150. The Morgan fingerprint density at radius 2 is 1.21 bits per heavy atom. The Kier molecular flexibility index (Phi) is 7.36. The third-order valence-electron chi connectivity index (χ3n) is 5.53. The van der Waals surface area contributed by atoms with Crippen molar-refractivity contribution in [3.63, 3.8) is 0 Å². The molecule has 1 unspecified atom stereocenters. The van der Waals surface area contributed by atoms with Crippen LogP contribution in [0.25, 0.3) is 11.1 Å². The second-order valence-electron chi connectivity index (χ2n) is 8.07. The van der Waals surface area contributed by atoms with Gasteiger partial charge in [-0.05, 0) is 72.0 Å². The molecule has 4 aromatic rings. The fraction of sp³-hybridized carbons (Fsp3) is 0.133. The summed E-state index contributed by atoms with van der Waals surface area (Å²) in [6.07, 6.45) is -0.182. The second-order valence-corrected chi connectivity index (χ2v) is 8.07. The van der Waals surface area contributed by atoms with Gasteiger partial charge in [-0.15, -0.1) is 0 Å².